The van der Waals surface area contributed by atoms with Crippen molar-refractivity contribution in [3.8, 4) is 0 Å². The number of rotatable bonds is 8. The summed E-state index contributed by atoms with van der Waals surface area (Å²) in [5.74, 6) is 0. The van der Waals surface area contributed by atoms with Crippen LogP contribution < -0.4 is 20.2 Å². The molecule has 0 radical (unpaired) electrons. The molecule has 0 amide bonds. The van der Waals surface area contributed by atoms with Gasteiger partial charge in [0.15, 0.2) is 0 Å². The Bertz CT molecular complexity index is 2820. The molecule has 0 aliphatic rings. The number of hydrogen-bond acceptors (Lipinski definition) is 3. The highest BCUT2D eigenvalue weighted by atomic mass is 32.1. The van der Waals surface area contributed by atoms with Gasteiger partial charge in [0.2, 0.25) is 0 Å². The lowest BCUT2D eigenvalue weighted by Gasteiger charge is -2.27. The molecule has 0 aliphatic carbocycles. The summed E-state index contributed by atoms with van der Waals surface area (Å²) in [5.41, 5.74) is 6.98. The van der Waals surface area contributed by atoms with Gasteiger partial charge in [-0.25, -0.2) is 0 Å². The molecule has 0 aliphatic heterocycles. The fourth-order valence-corrected chi connectivity index (χ4v) is 11.6. The molecule has 1 aromatic heterocycles. The van der Waals surface area contributed by atoms with Crippen LogP contribution in [-0.4, -0.2) is 16.1 Å². The monoisotopic (exact) mass is 762 g/mol. The average Bonchev–Trinajstić information content (AvgIpc) is 3.58. The summed E-state index contributed by atoms with van der Waals surface area (Å²) >= 11 is 1.91. The third-order valence-electron chi connectivity index (χ3n) is 10.9. The van der Waals surface area contributed by atoms with E-state index >= 15 is 0 Å². The minimum atomic E-state index is -1.43. The van der Waals surface area contributed by atoms with Crippen LogP contribution in [0.25, 0.3) is 41.7 Å². The van der Waals surface area contributed by atoms with Gasteiger partial charge in [0.1, 0.15) is 0 Å². The second-order valence-corrected chi connectivity index (χ2v) is 27.9. The first-order chi connectivity index (χ1) is 26.5. The lowest BCUT2D eigenvalue weighted by molar-refractivity contribution is 1.29. The van der Waals surface area contributed by atoms with Crippen molar-refractivity contribution < 1.29 is 0 Å². The second-order valence-electron chi connectivity index (χ2n) is 16.7. The van der Waals surface area contributed by atoms with Crippen molar-refractivity contribution in [1.82, 2.24) is 0 Å². The Kier molecular flexibility index (Phi) is 8.77. The van der Waals surface area contributed by atoms with E-state index in [1.165, 1.54) is 69.2 Å². The van der Waals surface area contributed by atoms with Crippen LogP contribution in [0.5, 0.6) is 0 Å². The quantitative estimate of drug-likeness (QED) is 0.112. The Balaban J connectivity index is 1.22. The number of benzene rings is 8. The fourth-order valence-electron chi connectivity index (χ4n) is 7.98. The topological polar surface area (TPSA) is 6.48 Å². The Morgan fingerprint density at radius 2 is 0.764 bits per heavy atom. The molecule has 0 saturated heterocycles. The van der Waals surface area contributed by atoms with Crippen molar-refractivity contribution in [2.45, 2.75) is 39.3 Å². The maximum absolute atomic E-state index is 2.41. The van der Waals surface area contributed by atoms with Gasteiger partial charge in [0.25, 0.3) is 0 Å². The first-order valence-corrected chi connectivity index (χ1v) is 27.1. The Morgan fingerprint density at radius 3 is 1.27 bits per heavy atom. The summed E-state index contributed by atoms with van der Waals surface area (Å²) in [6, 6.07) is 63.2. The van der Waals surface area contributed by atoms with E-state index in [1.54, 1.807) is 0 Å². The third-order valence-corrected chi connectivity index (χ3v) is 16.3. The molecular weight excluding hydrogens is 717 g/mol. The van der Waals surface area contributed by atoms with Gasteiger partial charge < -0.3 is 9.80 Å². The SMILES string of the molecule is C[Si](C)(C)c1ccc(N(c2ccccc2)c2ccc3c(c2)sc2c4ccc(N(c5ccccc5)c5ccc([Si](C)(C)C)cc5)cc4c4ccccc4c32)cc1. The summed E-state index contributed by atoms with van der Waals surface area (Å²) in [5, 5.41) is 10.7. The molecule has 2 nitrogen and oxygen atoms in total. The van der Waals surface area contributed by atoms with Gasteiger partial charge in [-0.05, 0) is 89.0 Å². The highest BCUT2D eigenvalue weighted by Gasteiger charge is 2.22. The Morgan fingerprint density at radius 1 is 0.345 bits per heavy atom. The number of nitrogens with zero attached hydrogens (tertiary/aromatic N) is 2. The molecule has 0 N–H and O–H groups in total. The van der Waals surface area contributed by atoms with Crippen molar-refractivity contribution in [2.75, 3.05) is 9.80 Å². The zero-order valence-electron chi connectivity index (χ0n) is 32.5. The Labute approximate surface area is 330 Å². The molecule has 0 fully saturated rings. The number of anilines is 6. The lowest BCUT2D eigenvalue weighted by atomic mass is 9.96. The van der Waals surface area contributed by atoms with E-state index in [0.717, 1.165) is 17.1 Å². The van der Waals surface area contributed by atoms with Gasteiger partial charge in [-0.2, -0.15) is 0 Å². The minimum absolute atomic E-state index is 1.15. The standard InChI is InChI=1S/C50H46N2SSi2/c1-54(2,3)41-27-21-37(22-28-41)51(35-15-9-7-10-16-35)39-25-31-45-47(33-39)43-19-13-14-20-44(43)49-46-32-26-40(34-48(46)53-50(45)49)52(36-17-11-8-12-18-36)38-23-29-42(30-24-38)55(4,5)6/h7-34H,1-6H3. The molecule has 5 heteroatoms. The van der Waals surface area contributed by atoms with Crippen molar-refractivity contribution in [2.24, 2.45) is 0 Å². The second kappa shape index (κ2) is 13.7. The molecule has 8 aromatic carbocycles. The van der Waals surface area contributed by atoms with Crippen LogP contribution in [-0.2, 0) is 0 Å². The maximum Gasteiger partial charge on any atom is 0.0775 e. The molecule has 0 unspecified atom stereocenters. The summed E-state index contributed by atoms with van der Waals surface area (Å²) in [4.78, 5) is 4.80. The van der Waals surface area contributed by atoms with Gasteiger partial charge in [-0.15, -0.1) is 11.3 Å². The fraction of sp³-hybridized carbons (Fsp3) is 0.120. The maximum atomic E-state index is 2.41. The average molecular weight is 763 g/mol. The van der Waals surface area contributed by atoms with Crippen LogP contribution in [0, 0.1) is 0 Å². The van der Waals surface area contributed by atoms with Gasteiger partial charge in [0.05, 0.1) is 16.1 Å². The first kappa shape index (κ1) is 35.2. The molecule has 55 heavy (non-hydrogen) atoms. The number of fused-ring (bicyclic) bond motifs is 8. The highest BCUT2D eigenvalue weighted by molar-refractivity contribution is 7.27. The molecule has 1 heterocycles. The molecule has 0 bridgehead atoms. The first-order valence-electron chi connectivity index (χ1n) is 19.3. The molecule has 9 aromatic rings. The zero-order valence-corrected chi connectivity index (χ0v) is 35.3. The van der Waals surface area contributed by atoms with Crippen LogP contribution >= 0.6 is 11.3 Å². The lowest BCUT2D eigenvalue weighted by Crippen LogP contribution is -2.37. The van der Waals surface area contributed by atoms with E-state index < -0.39 is 16.1 Å². The Hall–Kier alpha value is -5.47. The van der Waals surface area contributed by atoms with Gasteiger partial charge in [0, 0.05) is 59.7 Å². The van der Waals surface area contributed by atoms with Crippen molar-refractivity contribution >= 4 is 114 Å². The zero-order chi connectivity index (χ0) is 37.9. The molecule has 0 atom stereocenters. The van der Waals surface area contributed by atoms with E-state index in [0.29, 0.717) is 0 Å². The summed E-state index contributed by atoms with van der Waals surface area (Å²) in [6.45, 7) is 14.5. The van der Waals surface area contributed by atoms with Crippen molar-refractivity contribution in [3.05, 3.63) is 170 Å². The van der Waals surface area contributed by atoms with E-state index in [2.05, 4.69) is 219 Å². The summed E-state index contributed by atoms with van der Waals surface area (Å²) < 4.78 is 2.63. The predicted octanol–water partition coefficient (Wildman–Crippen LogP) is 14.4. The largest absolute Gasteiger partial charge is 0.310 e. The summed E-state index contributed by atoms with van der Waals surface area (Å²) in [7, 11) is -2.85. The molecular formula is C50H46N2SSi2. The van der Waals surface area contributed by atoms with Crippen LogP contribution in [0.3, 0.4) is 0 Å². The number of thiophene rings is 1. The van der Waals surface area contributed by atoms with Gasteiger partial charge >= 0.3 is 0 Å². The number of hydrogen-bond donors (Lipinski definition) is 0. The van der Waals surface area contributed by atoms with Crippen LogP contribution in [0.2, 0.25) is 39.3 Å². The van der Waals surface area contributed by atoms with E-state index in [9.17, 15) is 0 Å². The van der Waals surface area contributed by atoms with Crippen LogP contribution in [0.1, 0.15) is 0 Å². The molecule has 9 rings (SSSR count). The summed E-state index contributed by atoms with van der Waals surface area (Å²) in [6.07, 6.45) is 0. The van der Waals surface area contributed by atoms with E-state index in [-0.39, 0.29) is 0 Å². The predicted molar refractivity (Wildman–Crippen MR) is 250 cm³/mol. The highest BCUT2D eigenvalue weighted by Crippen LogP contribution is 2.47. The molecule has 270 valence electrons. The molecule has 0 spiro atoms. The van der Waals surface area contributed by atoms with Crippen LogP contribution in [0.15, 0.2) is 170 Å². The van der Waals surface area contributed by atoms with E-state index in [1.807, 2.05) is 11.3 Å². The molecule has 0 saturated carbocycles. The smallest absolute Gasteiger partial charge is 0.0775 e. The van der Waals surface area contributed by atoms with E-state index in [4.69, 9.17) is 0 Å². The van der Waals surface area contributed by atoms with Gasteiger partial charge in [-0.3, -0.25) is 0 Å². The number of para-hydroxylation sites is 2. The minimum Gasteiger partial charge on any atom is -0.310 e. The normalized spacial score (nSPS) is 12.2. The van der Waals surface area contributed by atoms with Crippen molar-refractivity contribution in [3.63, 3.8) is 0 Å². The van der Waals surface area contributed by atoms with Crippen molar-refractivity contribution in [1.29, 1.82) is 0 Å². The van der Waals surface area contributed by atoms with Gasteiger partial charge in [-0.1, -0.05) is 147 Å². The third kappa shape index (κ3) is 6.46. The van der Waals surface area contributed by atoms with Crippen LogP contribution in [0.4, 0.5) is 34.1 Å².